The van der Waals surface area contributed by atoms with Crippen LogP contribution < -0.4 is 5.32 Å². The van der Waals surface area contributed by atoms with Crippen LogP contribution in [-0.4, -0.2) is 41.0 Å². The lowest BCUT2D eigenvalue weighted by Gasteiger charge is -2.29. The molecule has 1 saturated heterocycles. The molecule has 1 fully saturated rings. The van der Waals surface area contributed by atoms with Crippen LogP contribution in [0.5, 0.6) is 0 Å². The number of halogens is 1. The van der Waals surface area contributed by atoms with Crippen molar-refractivity contribution in [2.75, 3.05) is 31.5 Å². The minimum atomic E-state index is 0.483. The van der Waals surface area contributed by atoms with Gasteiger partial charge in [0.05, 0.1) is 0 Å². The molecule has 100 valence electrons. The van der Waals surface area contributed by atoms with Crippen molar-refractivity contribution in [3.8, 4) is 0 Å². The summed E-state index contributed by atoms with van der Waals surface area (Å²) < 4.78 is 0. The van der Waals surface area contributed by atoms with Crippen LogP contribution in [0, 0.1) is 5.92 Å². The van der Waals surface area contributed by atoms with Crippen molar-refractivity contribution < 1.29 is 0 Å². The van der Waals surface area contributed by atoms with Crippen molar-refractivity contribution in [3.05, 3.63) is 17.5 Å². The lowest BCUT2D eigenvalue weighted by Crippen LogP contribution is -2.35. The van der Waals surface area contributed by atoms with Crippen LogP contribution in [0.25, 0.3) is 0 Å². The van der Waals surface area contributed by atoms with E-state index in [2.05, 4.69) is 27.1 Å². The summed E-state index contributed by atoms with van der Waals surface area (Å²) >= 11 is 5.82. The molecule has 0 spiro atoms. The molecular weight excluding hydrogens is 248 g/mol. The van der Waals surface area contributed by atoms with Crippen molar-refractivity contribution >= 4 is 17.4 Å². The largest absolute Gasteiger partial charge is 0.370 e. The van der Waals surface area contributed by atoms with Gasteiger partial charge in [-0.15, -0.1) is 0 Å². The van der Waals surface area contributed by atoms with E-state index in [0.29, 0.717) is 11.1 Å². The van der Waals surface area contributed by atoms with Crippen molar-refractivity contribution in [3.63, 3.8) is 0 Å². The monoisotopic (exact) mass is 268 g/mol. The summed E-state index contributed by atoms with van der Waals surface area (Å²) in [4.78, 5) is 10.6. The number of anilines is 1. The first-order valence-electron chi connectivity index (χ1n) is 6.68. The third kappa shape index (κ3) is 4.42. The Hall–Kier alpha value is -0.870. The Kier molecular flexibility index (Phi) is 5.20. The van der Waals surface area contributed by atoms with E-state index in [9.17, 15) is 0 Å². The van der Waals surface area contributed by atoms with E-state index < -0.39 is 0 Å². The SMILES string of the molecule is CC(CNc1cc(Cl)ncn1)CN1CCCCC1. The zero-order chi connectivity index (χ0) is 12.8. The molecule has 0 aromatic carbocycles. The highest BCUT2D eigenvalue weighted by Crippen LogP contribution is 2.12. The number of aromatic nitrogens is 2. The summed E-state index contributed by atoms with van der Waals surface area (Å²) in [6, 6.07) is 1.76. The standard InChI is InChI=1S/C13H21ClN4/c1-11(9-18-5-3-2-4-6-18)8-15-13-7-12(14)16-10-17-13/h7,10-11H,2-6,8-9H2,1H3,(H,15,16,17). The van der Waals surface area contributed by atoms with Gasteiger partial charge < -0.3 is 10.2 Å². The van der Waals surface area contributed by atoms with E-state index in [4.69, 9.17) is 11.6 Å². The second kappa shape index (κ2) is 6.90. The maximum absolute atomic E-state index is 5.82. The smallest absolute Gasteiger partial charge is 0.134 e. The minimum absolute atomic E-state index is 0.483. The molecule has 2 rings (SSSR count). The molecule has 0 bridgehead atoms. The van der Waals surface area contributed by atoms with Gasteiger partial charge in [0.2, 0.25) is 0 Å². The zero-order valence-electron chi connectivity index (χ0n) is 10.9. The summed E-state index contributed by atoms with van der Waals surface area (Å²) in [5.41, 5.74) is 0. The third-order valence-corrected chi connectivity index (χ3v) is 3.49. The van der Waals surface area contributed by atoms with Gasteiger partial charge in [0.25, 0.3) is 0 Å². The average Bonchev–Trinajstić information content (AvgIpc) is 2.38. The van der Waals surface area contributed by atoms with E-state index >= 15 is 0 Å². The van der Waals surface area contributed by atoms with Gasteiger partial charge in [-0.1, -0.05) is 24.9 Å². The predicted molar refractivity (Wildman–Crippen MR) is 75.0 cm³/mol. The average molecular weight is 269 g/mol. The normalized spacial score (nSPS) is 18.6. The van der Waals surface area contributed by atoms with Gasteiger partial charge in [0.15, 0.2) is 0 Å². The molecule has 1 aliphatic heterocycles. The van der Waals surface area contributed by atoms with E-state index in [0.717, 1.165) is 18.9 Å². The highest BCUT2D eigenvalue weighted by atomic mass is 35.5. The molecule has 4 nitrogen and oxygen atoms in total. The molecule has 0 radical (unpaired) electrons. The van der Waals surface area contributed by atoms with Crippen LogP contribution in [0.3, 0.4) is 0 Å². The molecule has 0 amide bonds. The van der Waals surface area contributed by atoms with Crippen molar-refractivity contribution in [1.82, 2.24) is 14.9 Å². The lowest BCUT2D eigenvalue weighted by atomic mass is 10.1. The molecule has 1 unspecified atom stereocenters. The molecule has 0 aliphatic carbocycles. The maximum atomic E-state index is 5.82. The number of piperidine rings is 1. The Balaban J connectivity index is 1.72. The molecular formula is C13H21ClN4. The van der Waals surface area contributed by atoms with E-state index in [1.54, 1.807) is 6.07 Å². The Bertz CT molecular complexity index is 366. The molecule has 2 heterocycles. The van der Waals surface area contributed by atoms with Gasteiger partial charge in [-0.05, 0) is 31.8 Å². The van der Waals surface area contributed by atoms with Crippen LogP contribution in [0.1, 0.15) is 26.2 Å². The van der Waals surface area contributed by atoms with Gasteiger partial charge in [-0.25, -0.2) is 9.97 Å². The van der Waals surface area contributed by atoms with Crippen molar-refractivity contribution in [2.45, 2.75) is 26.2 Å². The highest BCUT2D eigenvalue weighted by Gasteiger charge is 2.13. The Morgan fingerprint density at radius 1 is 1.33 bits per heavy atom. The van der Waals surface area contributed by atoms with Crippen molar-refractivity contribution in [1.29, 1.82) is 0 Å². The molecule has 18 heavy (non-hydrogen) atoms. The molecule has 1 aliphatic rings. The number of nitrogens with one attached hydrogen (secondary N) is 1. The summed E-state index contributed by atoms with van der Waals surface area (Å²) in [7, 11) is 0. The number of rotatable bonds is 5. The highest BCUT2D eigenvalue weighted by molar-refractivity contribution is 6.29. The first-order chi connectivity index (χ1) is 8.74. The van der Waals surface area contributed by atoms with Gasteiger partial charge in [0, 0.05) is 19.2 Å². The molecule has 1 aromatic rings. The maximum Gasteiger partial charge on any atom is 0.134 e. The number of hydrogen-bond acceptors (Lipinski definition) is 4. The molecule has 5 heteroatoms. The fourth-order valence-electron chi connectivity index (χ4n) is 2.36. The lowest BCUT2D eigenvalue weighted by molar-refractivity contribution is 0.204. The summed E-state index contributed by atoms with van der Waals surface area (Å²) in [6.07, 6.45) is 5.58. The first-order valence-corrected chi connectivity index (χ1v) is 7.05. The summed E-state index contributed by atoms with van der Waals surface area (Å²) in [5, 5.41) is 3.80. The second-order valence-corrected chi connectivity index (χ2v) is 5.46. The molecule has 1 N–H and O–H groups in total. The van der Waals surface area contributed by atoms with E-state index in [1.165, 1.54) is 38.7 Å². The molecule has 0 saturated carbocycles. The predicted octanol–water partition coefficient (Wildman–Crippen LogP) is 2.66. The Morgan fingerprint density at radius 3 is 2.83 bits per heavy atom. The van der Waals surface area contributed by atoms with E-state index in [1.807, 2.05) is 0 Å². The van der Waals surface area contributed by atoms with E-state index in [-0.39, 0.29) is 0 Å². The van der Waals surface area contributed by atoms with Crippen LogP contribution in [-0.2, 0) is 0 Å². The van der Waals surface area contributed by atoms with Crippen LogP contribution in [0.2, 0.25) is 5.15 Å². The van der Waals surface area contributed by atoms with Gasteiger partial charge in [-0.2, -0.15) is 0 Å². The number of likely N-dealkylation sites (tertiary alicyclic amines) is 1. The fraction of sp³-hybridized carbons (Fsp3) is 0.692. The Morgan fingerprint density at radius 2 is 2.11 bits per heavy atom. The first kappa shape index (κ1) is 13.6. The third-order valence-electron chi connectivity index (χ3n) is 3.28. The summed E-state index contributed by atoms with van der Waals surface area (Å²) in [6.45, 7) is 6.85. The van der Waals surface area contributed by atoms with Crippen LogP contribution >= 0.6 is 11.6 Å². The zero-order valence-corrected chi connectivity index (χ0v) is 11.7. The summed E-state index contributed by atoms with van der Waals surface area (Å²) in [5.74, 6) is 1.41. The van der Waals surface area contributed by atoms with Crippen molar-refractivity contribution in [2.24, 2.45) is 5.92 Å². The van der Waals surface area contributed by atoms with Gasteiger partial charge >= 0.3 is 0 Å². The van der Waals surface area contributed by atoms with Crippen LogP contribution in [0.15, 0.2) is 12.4 Å². The quantitative estimate of drug-likeness (QED) is 0.834. The number of nitrogens with zero attached hydrogens (tertiary/aromatic N) is 3. The molecule has 1 atom stereocenters. The number of hydrogen-bond donors (Lipinski definition) is 1. The second-order valence-electron chi connectivity index (χ2n) is 5.07. The topological polar surface area (TPSA) is 41.1 Å². The minimum Gasteiger partial charge on any atom is -0.370 e. The Labute approximate surface area is 114 Å². The fourth-order valence-corrected chi connectivity index (χ4v) is 2.50. The van der Waals surface area contributed by atoms with Gasteiger partial charge in [-0.3, -0.25) is 0 Å². The van der Waals surface area contributed by atoms with Crippen LogP contribution in [0.4, 0.5) is 5.82 Å². The molecule has 1 aromatic heterocycles. The van der Waals surface area contributed by atoms with Gasteiger partial charge in [0.1, 0.15) is 17.3 Å².